The van der Waals surface area contributed by atoms with Crippen molar-refractivity contribution in [1.82, 2.24) is 5.32 Å². The fourth-order valence-electron chi connectivity index (χ4n) is 0.675. The molecule has 0 aromatic rings. The zero-order valence-corrected chi connectivity index (χ0v) is 7.29. The maximum Gasteiger partial charge on any atom is 0.335 e. The Morgan fingerprint density at radius 1 is 1.58 bits per heavy atom. The molecule has 0 radical (unpaired) electrons. The molecule has 0 rings (SSSR count). The fraction of sp³-hybridized carbons (Fsp3) is 0.222. The lowest BCUT2D eigenvalue weighted by Crippen LogP contribution is -2.06. The van der Waals surface area contributed by atoms with E-state index in [9.17, 15) is 4.79 Å². The van der Waals surface area contributed by atoms with Crippen LogP contribution in [0.25, 0.3) is 0 Å². The molecule has 3 heteroatoms. The van der Waals surface area contributed by atoms with Crippen molar-refractivity contribution in [2.24, 2.45) is 0 Å². The topological polar surface area (TPSA) is 49.3 Å². The second-order valence-electron chi connectivity index (χ2n) is 2.10. The molecule has 0 spiro atoms. The Kier molecular flexibility index (Phi) is 4.53. The Labute approximate surface area is 72.1 Å². The Hall–Kier alpha value is -1.51. The molecule has 0 aliphatic carbocycles. The van der Waals surface area contributed by atoms with E-state index < -0.39 is 5.97 Å². The molecule has 0 bridgehead atoms. The fourth-order valence-corrected chi connectivity index (χ4v) is 0.675. The van der Waals surface area contributed by atoms with Crippen molar-refractivity contribution in [2.45, 2.75) is 6.92 Å². The summed E-state index contributed by atoms with van der Waals surface area (Å²) in [6.45, 7) is 5.22. The molecule has 0 heterocycles. The van der Waals surface area contributed by atoms with E-state index in [0.717, 1.165) is 5.70 Å². The molecule has 0 aliphatic heterocycles. The first-order valence-electron chi connectivity index (χ1n) is 3.57. The minimum absolute atomic E-state index is 0.178. The summed E-state index contributed by atoms with van der Waals surface area (Å²) in [5.41, 5.74) is 0.935. The van der Waals surface area contributed by atoms with Gasteiger partial charge in [-0.05, 0) is 13.0 Å². The number of rotatable bonds is 4. The second-order valence-corrected chi connectivity index (χ2v) is 2.10. The lowest BCUT2D eigenvalue weighted by atomic mass is 10.2. The first kappa shape index (κ1) is 10.5. The maximum absolute atomic E-state index is 10.5. The summed E-state index contributed by atoms with van der Waals surface area (Å²) < 4.78 is 0. The number of hydrogen-bond donors (Lipinski definition) is 2. The molecule has 0 atom stereocenters. The molecule has 3 nitrogen and oxygen atoms in total. The Balaban J connectivity index is 4.70. The van der Waals surface area contributed by atoms with Crippen molar-refractivity contribution in [3.8, 4) is 0 Å². The molecule has 0 unspecified atom stereocenters. The van der Waals surface area contributed by atoms with Gasteiger partial charge in [0.15, 0.2) is 0 Å². The van der Waals surface area contributed by atoms with Crippen LogP contribution in [0.15, 0.2) is 36.1 Å². The summed E-state index contributed by atoms with van der Waals surface area (Å²) >= 11 is 0. The van der Waals surface area contributed by atoms with Crippen molar-refractivity contribution < 1.29 is 9.90 Å². The van der Waals surface area contributed by atoms with Crippen molar-refractivity contribution in [3.63, 3.8) is 0 Å². The van der Waals surface area contributed by atoms with Crippen LogP contribution < -0.4 is 5.32 Å². The van der Waals surface area contributed by atoms with Crippen molar-refractivity contribution in [3.05, 3.63) is 36.1 Å². The zero-order valence-electron chi connectivity index (χ0n) is 7.29. The molecule has 0 aromatic carbocycles. The summed E-state index contributed by atoms with van der Waals surface area (Å²) in [7, 11) is 1.73. The smallest absolute Gasteiger partial charge is 0.335 e. The second kappa shape index (κ2) is 5.18. The van der Waals surface area contributed by atoms with Gasteiger partial charge in [0.2, 0.25) is 0 Å². The SMILES string of the molecule is C=C/C(=C\C(=C/C)NC)C(=O)O. The van der Waals surface area contributed by atoms with Gasteiger partial charge in [0.1, 0.15) is 0 Å². The van der Waals surface area contributed by atoms with Crippen LogP contribution in [0.5, 0.6) is 0 Å². The molecule has 0 fully saturated rings. The summed E-state index contributed by atoms with van der Waals surface area (Å²) in [6.07, 6.45) is 4.62. The van der Waals surface area contributed by atoms with E-state index in [4.69, 9.17) is 5.11 Å². The van der Waals surface area contributed by atoms with Gasteiger partial charge >= 0.3 is 5.97 Å². The zero-order chi connectivity index (χ0) is 9.56. The summed E-state index contributed by atoms with van der Waals surface area (Å²) in [5.74, 6) is -0.973. The van der Waals surface area contributed by atoms with E-state index in [1.807, 2.05) is 6.92 Å². The third kappa shape index (κ3) is 3.05. The van der Waals surface area contributed by atoms with E-state index in [0.29, 0.717) is 0 Å². The van der Waals surface area contributed by atoms with Crippen LogP contribution in [0.4, 0.5) is 0 Å². The summed E-state index contributed by atoms with van der Waals surface area (Å²) in [6, 6.07) is 0. The molecule has 2 N–H and O–H groups in total. The number of nitrogens with one attached hydrogen (secondary N) is 1. The number of likely N-dealkylation sites (N-methyl/N-ethyl adjacent to an activating group) is 1. The van der Waals surface area contributed by atoms with Gasteiger partial charge in [0.05, 0.1) is 5.57 Å². The summed E-state index contributed by atoms with van der Waals surface area (Å²) in [5, 5.41) is 11.5. The molecule has 0 amide bonds. The minimum atomic E-state index is -0.973. The largest absolute Gasteiger partial charge is 0.478 e. The highest BCUT2D eigenvalue weighted by Crippen LogP contribution is 2.00. The normalized spacial score (nSPS) is 12.5. The molecule has 12 heavy (non-hydrogen) atoms. The van der Waals surface area contributed by atoms with Crippen molar-refractivity contribution in [1.29, 1.82) is 0 Å². The average Bonchev–Trinajstić information content (AvgIpc) is 2.06. The highest BCUT2D eigenvalue weighted by Gasteiger charge is 2.01. The van der Waals surface area contributed by atoms with Gasteiger partial charge in [0.25, 0.3) is 0 Å². The van der Waals surface area contributed by atoms with E-state index in [2.05, 4.69) is 11.9 Å². The predicted molar refractivity (Wildman–Crippen MR) is 48.7 cm³/mol. The average molecular weight is 167 g/mol. The quantitative estimate of drug-likeness (QED) is 0.490. The molecule has 0 aromatic heterocycles. The van der Waals surface area contributed by atoms with E-state index in [1.54, 1.807) is 13.1 Å². The predicted octanol–water partition coefficient (Wildman–Crippen LogP) is 1.31. The highest BCUT2D eigenvalue weighted by atomic mass is 16.4. The van der Waals surface area contributed by atoms with Crippen LogP contribution in [0.3, 0.4) is 0 Å². The van der Waals surface area contributed by atoms with Crippen LogP contribution in [-0.4, -0.2) is 18.1 Å². The van der Waals surface area contributed by atoms with Crippen LogP contribution in [-0.2, 0) is 4.79 Å². The van der Waals surface area contributed by atoms with Gasteiger partial charge < -0.3 is 10.4 Å². The number of carboxylic acid groups (broad SMARTS) is 1. The first-order chi connectivity index (χ1) is 5.65. The van der Waals surface area contributed by atoms with Gasteiger partial charge in [-0.25, -0.2) is 4.79 Å². The molecular weight excluding hydrogens is 154 g/mol. The van der Waals surface area contributed by atoms with E-state index in [-0.39, 0.29) is 5.57 Å². The molecule has 0 aliphatic rings. The molecule has 0 saturated carbocycles. The van der Waals surface area contributed by atoms with Gasteiger partial charge in [0, 0.05) is 12.7 Å². The number of carbonyl (C=O) groups is 1. The molecular formula is C9H13NO2. The van der Waals surface area contributed by atoms with Crippen LogP contribution >= 0.6 is 0 Å². The van der Waals surface area contributed by atoms with Gasteiger partial charge in [-0.1, -0.05) is 18.7 Å². The van der Waals surface area contributed by atoms with Crippen LogP contribution in [0.1, 0.15) is 6.92 Å². The van der Waals surface area contributed by atoms with Crippen molar-refractivity contribution in [2.75, 3.05) is 7.05 Å². The maximum atomic E-state index is 10.5. The Morgan fingerprint density at radius 2 is 2.17 bits per heavy atom. The summed E-state index contributed by atoms with van der Waals surface area (Å²) in [4.78, 5) is 10.5. The third-order valence-corrected chi connectivity index (χ3v) is 1.38. The minimum Gasteiger partial charge on any atom is -0.478 e. The van der Waals surface area contributed by atoms with Gasteiger partial charge in [-0.2, -0.15) is 0 Å². The highest BCUT2D eigenvalue weighted by molar-refractivity contribution is 5.90. The number of aliphatic carboxylic acids is 1. The van der Waals surface area contributed by atoms with E-state index >= 15 is 0 Å². The van der Waals surface area contributed by atoms with Crippen molar-refractivity contribution >= 4 is 5.97 Å². The van der Waals surface area contributed by atoms with Crippen LogP contribution in [0.2, 0.25) is 0 Å². The lowest BCUT2D eigenvalue weighted by molar-refractivity contribution is -0.132. The Bertz CT molecular complexity index is 239. The Morgan fingerprint density at radius 3 is 2.42 bits per heavy atom. The van der Waals surface area contributed by atoms with Crippen LogP contribution in [0, 0.1) is 0 Å². The standard InChI is InChI=1S/C9H13NO2/c1-4-7(9(11)12)6-8(5-2)10-3/h4-6,10H,1H2,2-3H3,(H,11,12)/b7-6+,8-5+. The lowest BCUT2D eigenvalue weighted by Gasteiger charge is -2.00. The molecule has 0 saturated heterocycles. The monoisotopic (exact) mass is 167 g/mol. The van der Waals surface area contributed by atoms with Gasteiger partial charge in [-0.3, -0.25) is 0 Å². The number of carboxylic acids is 1. The number of allylic oxidation sites excluding steroid dienone is 2. The number of hydrogen-bond acceptors (Lipinski definition) is 2. The first-order valence-corrected chi connectivity index (χ1v) is 3.57. The molecule has 66 valence electrons. The van der Waals surface area contributed by atoms with Gasteiger partial charge in [-0.15, -0.1) is 0 Å². The van der Waals surface area contributed by atoms with E-state index in [1.165, 1.54) is 12.2 Å². The third-order valence-electron chi connectivity index (χ3n) is 1.38.